The van der Waals surface area contributed by atoms with Gasteiger partial charge in [0.2, 0.25) is 0 Å². The molecule has 1 fully saturated rings. The standard InChI is InChI=1S/C13H18O2/c1-9(2)10-5-6-12(14-4)11(7-10)13(3)8-15-13/h5-7,9H,8H2,1-4H3. The molecule has 0 spiro atoms. The molecule has 0 bridgehead atoms. The zero-order chi connectivity index (χ0) is 11.1. The molecule has 15 heavy (non-hydrogen) atoms. The number of rotatable bonds is 3. The molecule has 1 aliphatic heterocycles. The van der Waals surface area contributed by atoms with Gasteiger partial charge in [-0.15, -0.1) is 0 Å². The van der Waals surface area contributed by atoms with Crippen molar-refractivity contribution < 1.29 is 9.47 Å². The van der Waals surface area contributed by atoms with Crippen molar-refractivity contribution in [3.05, 3.63) is 29.3 Å². The van der Waals surface area contributed by atoms with Crippen molar-refractivity contribution in [1.29, 1.82) is 0 Å². The van der Waals surface area contributed by atoms with Crippen LogP contribution in [0.25, 0.3) is 0 Å². The summed E-state index contributed by atoms with van der Waals surface area (Å²) in [6.45, 7) is 7.29. The van der Waals surface area contributed by atoms with Crippen LogP contribution in [0.5, 0.6) is 5.75 Å². The summed E-state index contributed by atoms with van der Waals surface area (Å²) in [6.07, 6.45) is 0. The minimum atomic E-state index is -0.115. The molecule has 2 heteroatoms. The summed E-state index contributed by atoms with van der Waals surface area (Å²) >= 11 is 0. The molecule has 0 aromatic heterocycles. The first kappa shape index (κ1) is 10.5. The maximum absolute atomic E-state index is 5.48. The number of hydrogen-bond acceptors (Lipinski definition) is 2. The largest absolute Gasteiger partial charge is 0.496 e. The minimum Gasteiger partial charge on any atom is -0.496 e. The van der Waals surface area contributed by atoms with Crippen LogP contribution in [0.1, 0.15) is 37.8 Å². The van der Waals surface area contributed by atoms with Gasteiger partial charge in [0.05, 0.1) is 13.7 Å². The Bertz CT molecular complexity index is 365. The van der Waals surface area contributed by atoms with Gasteiger partial charge in [0.1, 0.15) is 11.4 Å². The van der Waals surface area contributed by atoms with Crippen molar-refractivity contribution in [2.45, 2.75) is 32.3 Å². The van der Waals surface area contributed by atoms with Crippen LogP contribution in [0.2, 0.25) is 0 Å². The third kappa shape index (κ3) is 1.86. The highest BCUT2D eigenvalue weighted by Crippen LogP contribution is 2.43. The monoisotopic (exact) mass is 206 g/mol. The molecule has 0 aliphatic carbocycles. The lowest BCUT2D eigenvalue weighted by Crippen LogP contribution is -2.06. The van der Waals surface area contributed by atoms with E-state index in [1.54, 1.807) is 7.11 Å². The van der Waals surface area contributed by atoms with Crippen LogP contribution in [-0.2, 0) is 10.3 Å². The molecule has 2 rings (SSSR count). The van der Waals surface area contributed by atoms with Gasteiger partial charge in [0, 0.05) is 5.56 Å². The second-order valence-corrected chi connectivity index (χ2v) is 4.63. The second-order valence-electron chi connectivity index (χ2n) is 4.63. The van der Waals surface area contributed by atoms with Gasteiger partial charge in [-0.2, -0.15) is 0 Å². The average Bonchev–Trinajstić information content (AvgIpc) is 2.96. The zero-order valence-electron chi connectivity index (χ0n) is 9.83. The Labute approximate surface area is 91.2 Å². The molecular formula is C13H18O2. The van der Waals surface area contributed by atoms with E-state index >= 15 is 0 Å². The Morgan fingerprint density at radius 1 is 1.40 bits per heavy atom. The van der Waals surface area contributed by atoms with Gasteiger partial charge in [0.25, 0.3) is 0 Å². The van der Waals surface area contributed by atoms with Crippen molar-refractivity contribution in [2.24, 2.45) is 0 Å². The molecule has 1 aromatic carbocycles. The average molecular weight is 206 g/mol. The number of hydrogen-bond donors (Lipinski definition) is 0. The van der Waals surface area contributed by atoms with Crippen molar-refractivity contribution in [2.75, 3.05) is 13.7 Å². The quantitative estimate of drug-likeness (QED) is 0.709. The van der Waals surface area contributed by atoms with Gasteiger partial charge in [-0.25, -0.2) is 0 Å². The van der Waals surface area contributed by atoms with Crippen LogP contribution in [0.3, 0.4) is 0 Å². The topological polar surface area (TPSA) is 21.8 Å². The molecule has 82 valence electrons. The molecule has 1 aromatic rings. The maximum Gasteiger partial charge on any atom is 0.125 e. The summed E-state index contributed by atoms with van der Waals surface area (Å²) in [6, 6.07) is 6.37. The summed E-state index contributed by atoms with van der Waals surface area (Å²) in [5.41, 5.74) is 2.40. The predicted molar refractivity (Wildman–Crippen MR) is 60.4 cm³/mol. The lowest BCUT2D eigenvalue weighted by Gasteiger charge is -2.15. The summed E-state index contributed by atoms with van der Waals surface area (Å²) in [7, 11) is 1.71. The molecule has 2 nitrogen and oxygen atoms in total. The van der Waals surface area contributed by atoms with Gasteiger partial charge in [-0.3, -0.25) is 0 Å². The molecule has 1 aliphatic rings. The SMILES string of the molecule is COc1ccc(C(C)C)cc1C1(C)CO1. The van der Waals surface area contributed by atoms with Crippen molar-refractivity contribution in [3.8, 4) is 5.75 Å². The maximum atomic E-state index is 5.48. The fourth-order valence-electron chi connectivity index (χ4n) is 1.76. The Balaban J connectivity index is 2.44. The van der Waals surface area contributed by atoms with Crippen LogP contribution in [-0.4, -0.2) is 13.7 Å². The van der Waals surface area contributed by atoms with E-state index in [-0.39, 0.29) is 5.60 Å². The van der Waals surface area contributed by atoms with Crippen molar-refractivity contribution >= 4 is 0 Å². The van der Waals surface area contributed by atoms with Gasteiger partial charge in [0.15, 0.2) is 0 Å². The van der Waals surface area contributed by atoms with Gasteiger partial charge < -0.3 is 9.47 Å². The second kappa shape index (κ2) is 3.53. The summed E-state index contributed by atoms with van der Waals surface area (Å²) in [4.78, 5) is 0. The molecular weight excluding hydrogens is 188 g/mol. The number of benzene rings is 1. The van der Waals surface area contributed by atoms with E-state index in [2.05, 4.69) is 32.9 Å². The smallest absolute Gasteiger partial charge is 0.125 e. The first-order valence-electron chi connectivity index (χ1n) is 5.39. The van der Waals surface area contributed by atoms with E-state index in [4.69, 9.17) is 9.47 Å². The van der Waals surface area contributed by atoms with Crippen molar-refractivity contribution in [1.82, 2.24) is 0 Å². The third-order valence-corrected chi connectivity index (χ3v) is 3.04. The van der Waals surface area contributed by atoms with E-state index in [9.17, 15) is 0 Å². The Morgan fingerprint density at radius 3 is 2.53 bits per heavy atom. The number of ether oxygens (including phenoxy) is 2. The van der Waals surface area contributed by atoms with Crippen LogP contribution in [0.4, 0.5) is 0 Å². The Hall–Kier alpha value is -1.02. The molecule has 1 atom stereocenters. The molecule has 0 N–H and O–H groups in total. The van der Waals surface area contributed by atoms with E-state index in [0.29, 0.717) is 5.92 Å². The summed E-state index contributed by atoms with van der Waals surface area (Å²) in [5, 5.41) is 0. The highest BCUT2D eigenvalue weighted by atomic mass is 16.6. The third-order valence-electron chi connectivity index (χ3n) is 3.04. The van der Waals surface area contributed by atoms with Crippen LogP contribution in [0.15, 0.2) is 18.2 Å². The minimum absolute atomic E-state index is 0.115. The Kier molecular flexibility index (Phi) is 2.47. The molecule has 0 radical (unpaired) electrons. The normalized spacial score (nSPS) is 24.3. The summed E-state index contributed by atoms with van der Waals surface area (Å²) < 4.78 is 10.8. The molecule has 0 amide bonds. The first-order valence-corrected chi connectivity index (χ1v) is 5.39. The predicted octanol–water partition coefficient (Wildman–Crippen LogP) is 3.06. The molecule has 1 heterocycles. The lowest BCUT2D eigenvalue weighted by atomic mass is 9.94. The number of methoxy groups -OCH3 is 1. The van der Waals surface area contributed by atoms with Gasteiger partial charge >= 0.3 is 0 Å². The van der Waals surface area contributed by atoms with Gasteiger partial charge in [-0.1, -0.05) is 19.9 Å². The first-order chi connectivity index (χ1) is 7.07. The van der Waals surface area contributed by atoms with Crippen LogP contribution in [0, 0.1) is 0 Å². The highest BCUT2D eigenvalue weighted by Gasteiger charge is 2.43. The Morgan fingerprint density at radius 2 is 2.07 bits per heavy atom. The van der Waals surface area contributed by atoms with Crippen LogP contribution < -0.4 is 4.74 Å². The molecule has 1 saturated heterocycles. The summed E-state index contributed by atoms with van der Waals surface area (Å²) in [5.74, 6) is 1.47. The molecule has 1 unspecified atom stereocenters. The fraction of sp³-hybridized carbons (Fsp3) is 0.538. The lowest BCUT2D eigenvalue weighted by molar-refractivity contribution is 0.316. The van der Waals surface area contributed by atoms with Gasteiger partial charge in [-0.05, 0) is 30.5 Å². The van der Waals surface area contributed by atoms with E-state index < -0.39 is 0 Å². The zero-order valence-corrected chi connectivity index (χ0v) is 9.83. The number of epoxide rings is 1. The van der Waals surface area contributed by atoms with E-state index in [0.717, 1.165) is 12.4 Å². The van der Waals surface area contributed by atoms with Crippen LogP contribution >= 0.6 is 0 Å². The molecule has 0 saturated carbocycles. The van der Waals surface area contributed by atoms with E-state index in [1.165, 1.54) is 11.1 Å². The van der Waals surface area contributed by atoms with Crippen molar-refractivity contribution in [3.63, 3.8) is 0 Å². The highest BCUT2D eigenvalue weighted by molar-refractivity contribution is 5.43. The van der Waals surface area contributed by atoms with E-state index in [1.807, 2.05) is 6.07 Å². The fourth-order valence-corrected chi connectivity index (χ4v) is 1.76.